The van der Waals surface area contributed by atoms with Crippen molar-refractivity contribution in [2.45, 2.75) is 58.8 Å². The van der Waals surface area contributed by atoms with E-state index in [1.165, 1.54) is 0 Å². The molecular weight excluding hydrogens is 460 g/mol. The number of hydrogen-bond acceptors (Lipinski definition) is 9. The molecule has 1 unspecified atom stereocenters. The van der Waals surface area contributed by atoms with Gasteiger partial charge in [0, 0.05) is 39.3 Å². The molecule has 1 aliphatic heterocycles. The first-order valence-corrected chi connectivity index (χ1v) is 12.5. The van der Waals surface area contributed by atoms with Crippen molar-refractivity contribution in [3.8, 4) is 17.9 Å². The number of ether oxygens (including phenoxy) is 4. The zero-order chi connectivity index (χ0) is 26.7. The van der Waals surface area contributed by atoms with Gasteiger partial charge in [-0.2, -0.15) is 5.26 Å². The molecule has 0 aromatic carbocycles. The standard InChI is InChI=1S/C22H32N4O3.C5H10O2/c1-3-28-22(29-13-5-4-11-24-2)8-12-26(18-19-9-14-27-15-10-19)21-7-6-20(16-23)25-17-21;1-5(2,3)7-4-6/h6-7,17,19,22,24H,3,8-15,18H2,1-2H3;4H,1-3H3. The summed E-state index contributed by atoms with van der Waals surface area (Å²) in [5.74, 6) is 6.56. The molecule has 2 rings (SSSR count). The molecule has 36 heavy (non-hydrogen) atoms. The number of nitriles is 1. The van der Waals surface area contributed by atoms with E-state index in [9.17, 15) is 4.79 Å². The molecule has 1 saturated heterocycles. The van der Waals surface area contributed by atoms with E-state index in [0.717, 1.165) is 51.3 Å². The highest BCUT2D eigenvalue weighted by Crippen LogP contribution is 2.22. The van der Waals surface area contributed by atoms with Gasteiger partial charge < -0.3 is 29.2 Å². The third kappa shape index (κ3) is 14.7. The van der Waals surface area contributed by atoms with E-state index >= 15 is 0 Å². The van der Waals surface area contributed by atoms with Crippen LogP contribution in [-0.2, 0) is 23.7 Å². The number of carbonyl (C=O) groups is 1. The number of carbonyl (C=O) groups excluding carboxylic acids is 1. The minimum atomic E-state index is -0.318. The zero-order valence-corrected chi connectivity index (χ0v) is 22.4. The molecule has 0 saturated carbocycles. The van der Waals surface area contributed by atoms with Gasteiger partial charge in [0.1, 0.15) is 24.0 Å². The smallest absolute Gasteiger partial charge is 0.293 e. The van der Waals surface area contributed by atoms with Crippen molar-refractivity contribution >= 4 is 12.2 Å². The van der Waals surface area contributed by atoms with E-state index in [1.807, 2.05) is 40.8 Å². The van der Waals surface area contributed by atoms with Crippen LogP contribution in [0.4, 0.5) is 5.69 Å². The number of rotatable bonds is 12. The van der Waals surface area contributed by atoms with Crippen molar-refractivity contribution in [2.24, 2.45) is 5.92 Å². The molecule has 9 nitrogen and oxygen atoms in total. The number of hydrogen-bond donors (Lipinski definition) is 1. The Morgan fingerprint density at radius 1 is 1.28 bits per heavy atom. The lowest BCUT2D eigenvalue weighted by Crippen LogP contribution is -2.35. The Labute approximate surface area is 216 Å². The third-order valence-electron chi connectivity index (χ3n) is 5.17. The van der Waals surface area contributed by atoms with Gasteiger partial charge in [-0.25, -0.2) is 4.98 Å². The first-order chi connectivity index (χ1) is 17.3. The molecule has 1 aromatic rings. The van der Waals surface area contributed by atoms with Crippen molar-refractivity contribution in [2.75, 3.05) is 58.0 Å². The van der Waals surface area contributed by atoms with E-state index in [2.05, 4.69) is 37.8 Å². The minimum absolute atomic E-state index is 0.299. The predicted molar refractivity (Wildman–Crippen MR) is 139 cm³/mol. The Morgan fingerprint density at radius 2 is 2.03 bits per heavy atom. The molecule has 0 bridgehead atoms. The van der Waals surface area contributed by atoms with E-state index in [0.29, 0.717) is 37.8 Å². The Morgan fingerprint density at radius 3 is 2.56 bits per heavy atom. The lowest BCUT2D eigenvalue weighted by molar-refractivity contribution is -0.138. The van der Waals surface area contributed by atoms with Crippen LogP contribution >= 0.6 is 0 Å². The number of pyridine rings is 1. The van der Waals surface area contributed by atoms with E-state index < -0.39 is 0 Å². The van der Waals surface area contributed by atoms with Gasteiger partial charge in [0.15, 0.2) is 6.29 Å². The van der Waals surface area contributed by atoms with E-state index in [-0.39, 0.29) is 11.9 Å². The normalized spacial score (nSPS) is 14.3. The molecular formula is C27H42N4O5. The van der Waals surface area contributed by atoms with Gasteiger partial charge in [-0.3, -0.25) is 4.79 Å². The van der Waals surface area contributed by atoms with Crippen LogP contribution in [0.15, 0.2) is 18.3 Å². The summed E-state index contributed by atoms with van der Waals surface area (Å²) in [5, 5.41) is 12.0. The molecule has 0 spiro atoms. The monoisotopic (exact) mass is 502 g/mol. The Hall–Kier alpha value is -2.69. The van der Waals surface area contributed by atoms with Gasteiger partial charge in [-0.1, -0.05) is 11.8 Å². The molecule has 1 N–H and O–H groups in total. The largest absolute Gasteiger partial charge is 0.462 e. The molecule has 1 aliphatic rings. The van der Waals surface area contributed by atoms with Crippen molar-refractivity contribution in [3.05, 3.63) is 24.0 Å². The SMILES string of the molecule is CC(C)(C)OC=O.CCOC(CCN(CC1CCOCC1)c1ccc(C#N)nc1)OCC#CCNC. The van der Waals surface area contributed by atoms with Crippen LogP contribution in [0.25, 0.3) is 0 Å². The zero-order valence-electron chi connectivity index (χ0n) is 22.4. The first kappa shape index (κ1) is 31.3. The number of nitrogens with one attached hydrogen (secondary N) is 1. The maximum Gasteiger partial charge on any atom is 0.293 e. The second-order valence-electron chi connectivity index (χ2n) is 9.21. The van der Waals surface area contributed by atoms with Crippen LogP contribution in [0.1, 0.15) is 52.7 Å². The summed E-state index contributed by atoms with van der Waals surface area (Å²) in [4.78, 5) is 16.1. The van der Waals surface area contributed by atoms with Gasteiger partial charge in [0.05, 0.1) is 18.4 Å². The Kier molecular flexibility index (Phi) is 16.2. The second-order valence-corrected chi connectivity index (χ2v) is 9.21. The Bertz CT molecular complexity index is 818. The lowest BCUT2D eigenvalue weighted by atomic mass is 9.99. The molecule has 2 heterocycles. The Balaban J connectivity index is 0.000000809. The summed E-state index contributed by atoms with van der Waals surface area (Å²) in [6.07, 6.45) is 4.33. The highest BCUT2D eigenvalue weighted by molar-refractivity contribution is 5.46. The van der Waals surface area contributed by atoms with Crippen molar-refractivity contribution in [1.29, 1.82) is 5.26 Å². The fourth-order valence-electron chi connectivity index (χ4n) is 3.35. The van der Waals surface area contributed by atoms with Crippen LogP contribution in [0.3, 0.4) is 0 Å². The minimum Gasteiger partial charge on any atom is -0.462 e. The van der Waals surface area contributed by atoms with Gasteiger partial charge >= 0.3 is 0 Å². The first-order valence-electron chi connectivity index (χ1n) is 12.5. The molecule has 200 valence electrons. The average Bonchev–Trinajstić information content (AvgIpc) is 2.86. The second kappa shape index (κ2) is 18.6. The van der Waals surface area contributed by atoms with Crippen LogP contribution < -0.4 is 10.2 Å². The number of nitrogens with zero attached hydrogens (tertiary/aromatic N) is 3. The number of aromatic nitrogens is 1. The summed E-state index contributed by atoms with van der Waals surface area (Å²) in [5.41, 5.74) is 1.12. The summed E-state index contributed by atoms with van der Waals surface area (Å²) >= 11 is 0. The fourth-order valence-corrected chi connectivity index (χ4v) is 3.35. The van der Waals surface area contributed by atoms with Crippen molar-refractivity contribution in [1.82, 2.24) is 10.3 Å². The van der Waals surface area contributed by atoms with Crippen LogP contribution in [-0.4, -0.2) is 76.5 Å². The van der Waals surface area contributed by atoms with E-state index in [1.54, 1.807) is 12.3 Å². The van der Waals surface area contributed by atoms with Crippen LogP contribution in [0.5, 0.6) is 0 Å². The molecule has 0 radical (unpaired) electrons. The predicted octanol–water partition coefficient (Wildman–Crippen LogP) is 3.14. The van der Waals surface area contributed by atoms with Crippen molar-refractivity contribution in [3.63, 3.8) is 0 Å². The maximum absolute atomic E-state index is 9.60. The van der Waals surface area contributed by atoms with Gasteiger partial charge in [-0.15, -0.1) is 0 Å². The highest BCUT2D eigenvalue weighted by atomic mass is 16.7. The summed E-state index contributed by atoms with van der Waals surface area (Å²) < 4.78 is 21.6. The van der Waals surface area contributed by atoms with Crippen LogP contribution in [0.2, 0.25) is 0 Å². The summed E-state index contributed by atoms with van der Waals surface area (Å²) in [6, 6.07) is 5.80. The number of anilines is 1. The maximum atomic E-state index is 9.60. The fraction of sp³-hybridized carbons (Fsp3) is 0.667. The van der Waals surface area contributed by atoms with E-state index in [4.69, 9.17) is 19.5 Å². The molecule has 9 heteroatoms. The highest BCUT2D eigenvalue weighted by Gasteiger charge is 2.20. The average molecular weight is 503 g/mol. The molecule has 1 aromatic heterocycles. The van der Waals surface area contributed by atoms with Crippen LogP contribution in [0, 0.1) is 29.1 Å². The molecule has 0 amide bonds. The third-order valence-corrected chi connectivity index (χ3v) is 5.17. The summed E-state index contributed by atoms with van der Waals surface area (Å²) in [6.45, 7) is 12.8. The molecule has 0 aliphatic carbocycles. The quantitative estimate of drug-likeness (QED) is 0.262. The van der Waals surface area contributed by atoms with Gasteiger partial charge in [0.2, 0.25) is 0 Å². The lowest BCUT2D eigenvalue weighted by Gasteiger charge is -2.32. The molecule has 1 atom stereocenters. The summed E-state index contributed by atoms with van der Waals surface area (Å²) in [7, 11) is 1.86. The molecule has 1 fully saturated rings. The van der Waals surface area contributed by atoms with Gasteiger partial charge in [-0.05, 0) is 65.6 Å². The van der Waals surface area contributed by atoms with Gasteiger partial charge in [0.25, 0.3) is 6.47 Å². The topological polar surface area (TPSA) is 106 Å². The van der Waals surface area contributed by atoms with Crippen molar-refractivity contribution < 1.29 is 23.7 Å².